The first-order valence-corrected chi connectivity index (χ1v) is 7.40. The minimum Gasteiger partial charge on any atom is -0.393 e. The molecular formula is C16H13F2N5O3. The van der Waals surface area contributed by atoms with Crippen LogP contribution in [0.4, 0.5) is 25.8 Å². The number of carbonyl (C=O) groups excluding carboxylic acids is 1. The predicted molar refractivity (Wildman–Crippen MR) is 91.2 cm³/mol. The lowest BCUT2D eigenvalue weighted by molar-refractivity contribution is -0.384. The maximum absolute atomic E-state index is 12.7. The summed E-state index contributed by atoms with van der Waals surface area (Å²) in [6, 6.07) is 7.09. The van der Waals surface area contributed by atoms with E-state index >= 15 is 0 Å². The first kappa shape index (κ1) is 17.3. The molecule has 0 bridgehead atoms. The highest BCUT2D eigenvalue weighted by molar-refractivity contribution is 6.09. The quantitative estimate of drug-likeness (QED) is 0.372. The Kier molecular flexibility index (Phi) is 4.24. The molecule has 0 aliphatic rings. The molecule has 3 rings (SSSR count). The Hall–Kier alpha value is -3.56. The number of benzene rings is 2. The molecule has 10 heteroatoms. The fourth-order valence-electron chi connectivity index (χ4n) is 2.53. The number of nitro benzene ring substituents is 1. The molecule has 0 saturated heterocycles. The van der Waals surface area contributed by atoms with Crippen LogP contribution in [0.2, 0.25) is 0 Å². The monoisotopic (exact) mass is 361 g/mol. The number of aromatic amines is 1. The van der Waals surface area contributed by atoms with Gasteiger partial charge in [-0.2, -0.15) is 0 Å². The molecule has 26 heavy (non-hydrogen) atoms. The van der Waals surface area contributed by atoms with E-state index in [1.807, 2.05) is 0 Å². The number of H-pyrrole nitrogens is 1. The van der Waals surface area contributed by atoms with Gasteiger partial charge in [0.1, 0.15) is 5.69 Å². The van der Waals surface area contributed by atoms with Crippen molar-refractivity contribution < 1.29 is 18.5 Å². The average Bonchev–Trinajstić information content (AvgIpc) is 3.00. The summed E-state index contributed by atoms with van der Waals surface area (Å²) in [5.41, 5.74) is 6.52. The second-order valence-corrected chi connectivity index (χ2v) is 5.61. The number of hydrogen-bond acceptors (Lipinski definition) is 5. The maximum Gasteiger partial charge on any atom is 0.295 e. The number of fused-ring (bicyclic) bond motifs is 1. The molecule has 0 spiro atoms. The number of nitrogens with one attached hydrogen (secondary N) is 2. The SMILES string of the molecule is Cc1cc(C(=O)Nc2ccc3nc(C(F)F)[nH]c3c2)c(N)c([N+](=O)[O-])c1. The third kappa shape index (κ3) is 3.16. The highest BCUT2D eigenvalue weighted by atomic mass is 19.3. The van der Waals surface area contributed by atoms with E-state index in [9.17, 15) is 23.7 Å². The minimum atomic E-state index is -2.74. The van der Waals surface area contributed by atoms with Crippen LogP contribution < -0.4 is 11.1 Å². The number of nitrogens with two attached hydrogens (primary N) is 1. The average molecular weight is 361 g/mol. The van der Waals surface area contributed by atoms with Crippen molar-refractivity contribution in [2.75, 3.05) is 11.1 Å². The summed E-state index contributed by atoms with van der Waals surface area (Å²) in [6.45, 7) is 1.60. The Bertz CT molecular complexity index is 1030. The molecule has 1 aromatic heterocycles. The van der Waals surface area contributed by atoms with Crippen LogP contribution in [0.5, 0.6) is 0 Å². The summed E-state index contributed by atoms with van der Waals surface area (Å²) in [6.07, 6.45) is -2.74. The van der Waals surface area contributed by atoms with Crippen LogP contribution in [-0.2, 0) is 0 Å². The smallest absolute Gasteiger partial charge is 0.295 e. The fraction of sp³-hybridized carbons (Fsp3) is 0.125. The number of aryl methyl sites for hydroxylation is 1. The second-order valence-electron chi connectivity index (χ2n) is 5.61. The molecule has 0 fully saturated rings. The van der Waals surface area contributed by atoms with Gasteiger partial charge in [0, 0.05) is 11.8 Å². The molecule has 1 heterocycles. The number of amides is 1. The summed E-state index contributed by atoms with van der Waals surface area (Å²) < 4.78 is 25.4. The second kappa shape index (κ2) is 6.39. The molecule has 0 aliphatic heterocycles. The molecule has 2 aromatic carbocycles. The zero-order valence-corrected chi connectivity index (χ0v) is 13.4. The van der Waals surface area contributed by atoms with Gasteiger partial charge in [-0.3, -0.25) is 14.9 Å². The van der Waals surface area contributed by atoms with Crippen LogP contribution in [-0.4, -0.2) is 20.8 Å². The van der Waals surface area contributed by atoms with Crippen LogP contribution in [0.15, 0.2) is 30.3 Å². The number of rotatable bonds is 4. The van der Waals surface area contributed by atoms with Gasteiger partial charge in [0.2, 0.25) is 0 Å². The van der Waals surface area contributed by atoms with Crippen molar-refractivity contribution in [1.82, 2.24) is 9.97 Å². The number of nitrogens with zero attached hydrogens (tertiary/aromatic N) is 2. The molecule has 0 unspecified atom stereocenters. The van der Waals surface area contributed by atoms with Crippen molar-refractivity contribution >= 4 is 34.0 Å². The standard InChI is InChI=1S/C16H13F2N5O3/c1-7-4-9(13(19)12(5-7)23(25)26)16(24)20-8-2-3-10-11(6-8)22-15(21-10)14(17)18/h2-6,14H,19H2,1H3,(H,20,24)(H,21,22). The Labute approximate surface area is 145 Å². The van der Waals surface area contributed by atoms with E-state index in [0.29, 0.717) is 22.3 Å². The Balaban J connectivity index is 1.93. The van der Waals surface area contributed by atoms with Crippen LogP contribution >= 0.6 is 0 Å². The van der Waals surface area contributed by atoms with Crippen molar-refractivity contribution in [1.29, 1.82) is 0 Å². The van der Waals surface area contributed by atoms with Crippen LogP contribution in [0.3, 0.4) is 0 Å². The molecule has 4 N–H and O–H groups in total. The van der Waals surface area contributed by atoms with E-state index in [1.54, 1.807) is 6.92 Å². The van der Waals surface area contributed by atoms with Crippen molar-refractivity contribution in [2.24, 2.45) is 0 Å². The van der Waals surface area contributed by atoms with E-state index in [0.717, 1.165) is 0 Å². The highest BCUT2D eigenvalue weighted by Crippen LogP contribution is 2.28. The molecule has 3 aromatic rings. The van der Waals surface area contributed by atoms with Crippen molar-refractivity contribution in [2.45, 2.75) is 13.3 Å². The van der Waals surface area contributed by atoms with Gasteiger partial charge in [-0.25, -0.2) is 13.8 Å². The van der Waals surface area contributed by atoms with Crippen LogP contribution in [0, 0.1) is 17.0 Å². The summed E-state index contributed by atoms with van der Waals surface area (Å²) in [5, 5.41) is 13.6. The van der Waals surface area contributed by atoms with E-state index in [4.69, 9.17) is 5.73 Å². The molecule has 1 amide bonds. The first-order chi connectivity index (χ1) is 12.3. The van der Waals surface area contributed by atoms with Gasteiger partial charge in [-0.1, -0.05) is 0 Å². The number of nitro groups is 1. The number of halogens is 2. The number of carbonyl (C=O) groups is 1. The Morgan fingerprint density at radius 1 is 1.35 bits per heavy atom. The van der Waals surface area contributed by atoms with Gasteiger partial charge in [0.05, 0.1) is 21.5 Å². The number of aromatic nitrogens is 2. The fourth-order valence-corrected chi connectivity index (χ4v) is 2.53. The topological polar surface area (TPSA) is 127 Å². The number of nitrogen functional groups attached to an aromatic ring is 1. The van der Waals surface area contributed by atoms with Crippen LogP contribution in [0.25, 0.3) is 11.0 Å². The summed E-state index contributed by atoms with van der Waals surface area (Å²) >= 11 is 0. The van der Waals surface area contributed by atoms with Gasteiger partial charge in [0.25, 0.3) is 18.0 Å². The van der Waals surface area contributed by atoms with Gasteiger partial charge in [0.15, 0.2) is 5.82 Å². The predicted octanol–water partition coefficient (Wildman–Crippen LogP) is 3.55. The van der Waals surface area contributed by atoms with Gasteiger partial charge in [-0.05, 0) is 36.8 Å². The summed E-state index contributed by atoms with van der Waals surface area (Å²) in [7, 11) is 0. The van der Waals surface area contributed by atoms with Crippen LogP contribution in [0.1, 0.15) is 28.2 Å². The zero-order chi connectivity index (χ0) is 19.0. The van der Waals surface area contributed by atoms with Crippen molar-refractivity contribution in [3.8, 4) is 0 Å². The van der Waals surface area contributed by atoms with E-state index in [-0.39, 0.29) is 16.9 Å². The van der Waals surface area contributed by atoms with Gasteiger partial charge in [-0.15, -0.1) is 0 Å². The third-order valence-electron chi connectivity index (χ3n) is 3.71. The Morgan fingerprint density at radius 2 is 2.08 bits per heavy atom. The summed E-state index contributed by atoms with van der Waals surface area (Å²) in [5.74, 6) is -1.12. The van der Waals surface area contributed by atoms with E-state index < -0.39 is 23.1 Å². The highest BCUT2D eigenvalue weighted by Gasteiger charge is 2.21. The molecule has 8 nitrogen and oxygen atoms in total. The number of imidazole rings is 1. The largest absolute Gasteiger partial charge is 0.393 e. The van der Waals surface area contributed by atoms with E-state index in [2.05, 4.69) is 15.3 Å². The zero-order valence-electron chi connectivity index (χ0n) is 13.4. The molecule has 0 saturated carbocycles. The van der Waals surface area contributed by atoms with Gasteiger partial charge >= 0.3 is 0 Å². The summed E-state index contributed by atoms with van der Waals surface area (Å²) in [4.78, 5) is 29.0. The lowest BCUT2D eigenvalue weighted by Gasteiger charge is -2.09. The molecule has 134 valence electrons. The number of alkyl halides is 2. The first-order valence-electron chi connectivity index (χ1n) is 7.40. The molecule has 0 aliphatic carbocycles. The molecule has 0 atom stereocenters. The maximum atomic E-state index is 12.7. The normalized spacial score (nSPS) is 11.1. The Morgan fingerprint density at radius 3 is 2.73 bits per heavy atom. The molecular weight excluding hydrogens is 348 g/mol. The molecule has 0 radical (unpaired) electrons. The van der Waals surface area contributed by atoms with Crippen molar-refractivity contribution in [3.63, 3.8) is 0 Å². The number of anilines is 2. The van der Waals surface area contributed by atoms with Crippen molar-refractivity contribution in [3.05, 3.63) is 57.4 Å². The minimum absolute atomic E-state index is 0.0466. The number of hydrogen-bond donors (Lipinski definition) is 3. The van der Waals surface area contributed by atoms with E-state index in [1.165, 1.54) is 30.3 Å². The third-order valence-corrected chi connectivity index (χ3v) is 3.71. The lowest BCUT2D eigenvalue weighted by Crippen LogP contribution is -2.15. The van der Waals surface area contributed by atoms with Gasteiger partial charge < -0.3 is 16.0 Å². The lowest BCUT2D eigenvalue weighted by atomic mass is 10.1.